The van der Waals surface area contributed by atoms with Crippen LogP contribution in [0.4, 0.5) is 0 Å². The Morgan fingerprint density at radius 3 is 2.66 bits per heavy atom. The Kier molecular flexibility index (Phi) is 6.83. The number of furan rings is 1. The van der Waals surface area contributed by atoms with E-state index in [0.29, 0.717) is 43.3 Å². The van der Waals surface area contributed by atoms with E-state index in [-0.39, 0.29) is 16.4 Å². The Hall–Kier alpha value is -2.81. The largest absolute Gasteiger partial charge is 0.507 e. The smallest absolute Gasteiger partial charge is 0.295 e. The second kappa shape index (κ2) is 9.77. The minimum atomic E-state index is -0.810. The first-order valence-electron chi connectivity index (χ1n) is 10.5. The number of rotatable bonds is 7. The monoisotopic (exact) mass is 460 g/mol. The maximum atomic E-state index is 13.0. The van der Waals surface area contributed by atoms with E-state index in [1.165, 1.54) is 24.3 Å². The average molecular weight is 461 g/mol. The van der Waals surface area contributed by atoms with Gasteiger partial charge in [-0.15, -0.1) is 0 Å². The molecule has 1 aromatic heterocycles. The highest BCUT2D eigenvalue weighted by molar-refractivity contribution is 6.46. The fourth-order valence-corrected chi connectivity index (χ4v) is 4.37. The number of amides is 1. The molecule has 9 heteroatoms. The molecule has 1 atom stereocenters. The molecule has 0 unspecified atom stereocenters. The number of Topliss-reactive ketones (excluding diaryl/α,β-unsaturated/α-hetero) is 1. The number of ketones is 1. The van der Waals surface area contributed by atoms with E-state index in [0.717, 1.165) is 19.6 Å². The minimum absolute atomic E-state index is 0.0162. The molecule has 2 aliphatic heterocycles. The van der Waals surface area contributed by atoms with Crippen LogP contribution in [0.2, 0.25) is 5.02 Å². The van der Waals surface area contributed by atoms with Gasteiger partial charge in [-0.3, -0.25) is 14.5 Å². The number of carbonyl (C=O) groups is 2. The average Bonchev–Trinajstić information content (AvgIpc) is 3.42. The summed E-state index contributed by atoms with van der Waals surface area (Å²) in [6.45, 7) is 4.22. The Labute approximate surface area is 190 Å². The number of ether oxygens (including phenoxy) is 2. The summed E-state index contributed by atoms with van der Waals surface area (Å²) in [5.41, 5.74) is 0.302. The minimum Gasteiger partial charge on any atom is -0.507 e. The van der Waals surface area contributed by atoms with Crippen molar-refractivity contribution in [2.24, 2.45) is 0 Å². The molecule has 0 bridgehead atoms. The summed E-state index contributed by atoms with van der Waals surface area (Å²) < 4.78 is 16.1. The van der Waals surface area contributed by atoms with E-state index < -0.39 is 17.7 Å². The molecule has 0 radical (unpaired) electrons. The van der Waals surface area contributed by atoms with Crippen LogP contribution in [0.25, 0.3) is 5.76 Å². The highest BCUT2D eigenvalue weighted by Gasteiger charge is 2.47. The van der Waals surface area contributed by atoms with Gasteiger partial charge in [0.05, 0.1) is 37.2 Å². The Balaban J connectivity index is 1.63. The zero-order valence-electron chi connectivity index (χ0n) is 17.8. The fraction of sp³-hybridized carbons (Fsp3) is 0.391. The van der Waals surface area contributed by atoms with E-state index in [1.807, 2.05) is 0 Å². The molecule has 4 rings (SSSR count). The first-order valence-corrected chi connectivity index (χ1v) is 10.8. The number of nitrogens with zero attached hydrogens (tertiary/aromatic N) is 2. The molecule has 2 fully saturated rings. The van der Waals surface area contributed by atoms with Crippen LogP contribution in [0.3, 0.4) is 0 Å². The van der Waals surface area contributed by atoms with Crippen molar-refractivity contribution in [2.45, 2.75) is 12.5 Å². The summed E-state index contributed by atoms with van der Waals surface area (Å²) in [5, 5.41) is 11.3. The number of likely N-dealkylation sites (tertiary alicyclic amines) is 1. The molecule has 2 aromatic rings. The number of morpholine rings is 1. The van der Waals surface area contributed by atoms with Gasteiger partial charge in [0.25, 0.3) is 11.7 Å². The zero-order chi connectivity index (χ0) is 22.7. The lowest BCUT2D eigenvalue weighted by Gasteiger charge is -2.28. The van der Waals surface area contributed by atoms with Crippen molar-refractivity contribution in [2.75, 3.05) is 46.5 Å². The van der Waals surface area contributed by atoms with Gasteiger partial charge in [-0.2, -0.15) is 0 Å². The van der Waals surface area contributed by atoms with Gasteiger partial charge >= 0.3 is 0 Å². The van der Waals surface area contributed by atoms with Crippen LogP contribution in [0, 0.1) is 0 Å². The number of halogens is 1. The lowest BCUT2D eigenvalue weighted by atomic mass is 9.99. The van der Waals surface area contributed by atoms with E-state index in [2.05, 4.69) is 4.90 Å². The lowest BCUT2D eigenvalue weighted by Crippen LogP contribution is -2.38. The van der Waals surface area contributed by atoms with Crippen LogP contribution in [-0.2, 0) is 14.3 Å². The van der Waals surface area contributed by atoms with Gasteiger partial charge in [-0.05, 0) is 36.8 Å². The maximum Gasteiger partial charge on any atom is 0.295 e. The van der Waals surface area contributed by atoms with Crippen molar-refractivity contribution in [1.29, 1.82) is 0 Å². The maximum absolute atomic E-state index is 13.0. The zero-order valence-corrected chi connectivity index (χ0v) is 18.5. The van der Waals surface area contributed by atoms with E-state index in [4.69, 9.17) is 25.5 Å². The molecule has 2 aliphatic rings. The van der Waals surface area contributed by atoms with Gasteiger partial charge in [0.2, 0.25) is 0 Å². The fourth-order valence-electron chi connectivity index (χ4n) is 4.11. The summed E-state index contributed by atoms with van der Waals surface area (Å²) in [7, 11) is 1.49. The van der Waals surface area contributed by atoms with E-state index >= 15 is 0 Å². The molecular weight excluding hydrogens is 436 g/mol. The molecule has 1 amide bonds. The van der Waals surface area contributed by atoms with Gasteiger partial charge in [0.1, 0.15) is 23.3 Å². The van der Waals surface area contributed by atoms with Gasteiger partial charge in [0.15, 0.2) is 0 Å². The predicted octanol–water partition coefficient (Wildman–Crippen LogP) is 3.09. The first-order chi connectivity index (χ1) is 15.5. The van der Waals surface area contributed by atoms with Gasteiger partial charge in [-0.1, -0.05) is 11.6 Å². The molecule has 3 heterocycles. The van der Waals surface area contributed by atoms with Crippen LogP contribution in [0.15, 0.2) is 46.6 Å². The highest BCUT2D eigenvalue weighted by Crippen LogP contribution is 2.40. The van der Waals surface area contributed by atoms with Crippen molar-refractivity contribution >= 4 is 29.1 Å². The molecule has 1 N–H and O–H groups in total. The van der Waals surface area contributed by atoms with Crippen LogP contribution in [0.5, 0.6) is 5.75 Å². The van der Waals surface area contributed by atoms with Crippen molar-refractivity contribution < 1.29 is 28.6 Å². The number of aliphatic hydroxyl groups excluding tert-OH is 1. The number of benzene rings is 1. The van der Waals surface area contributed by atoms with Crippen LogP contribution >= 0.6 is 11.6 Å². The highest BCUT2D eigenvalue weighted by atomic mass is 35.5. The van der Waals surface area contributed by atoms with Crippen molar-refractivity contribution in [3.8, 4) is 5.75 Å². The third-order valence-corrected chi connectivity index (χ3v) is 6.05. The second-order valence-corrected chi connectivity index (χ2v) is 8.07. The molecule has 1 aromatic carbocycles. The number of hydrogen-bond acceptors (Lipinski definition) is 7. The Morgan fingerprint density at radius 2 is 2.00 bits per heavy atom. The Bertz CT molecular complexity index is 1010. The van der Waals surface area contributed by atoms with E-state index in [1.54, 1.807) is 24.3 Å². The van der Waals surface area contributed by atoms with Gasteiger partial charge in [-0.25, -0.2) is 0 Å². The second-order valence-electron chi connectivity index (χ2n) is 7.66. The van der Waals surface area contributed by atoms with E-state index in [9.17, 15) is 14.7 Å². The summed E-state index contributed by atoms with van der Waals surface area (Å²) in [4.78, 5) is 29.6. The van der Waals surface area contributed by atoms with Crippen LogP contribution < -0.4 is 4.74 Å². The molecular formula is C23H25ClN2O6. The summed E-state index contributed by atoms with van der Waals surface area (Å²) in [5.74, 6) is -0.854. The predicted molar refractivity (Wildman–Crippen MR) is 118 cm³/mol. The molecule has 170 valence electrons. The van der Waals surface area contributed by atoms with Gasteiger partial charge in [0, 0.05) is 31.7 Å². The summed E-state index contributed by atoms with van der Waals surface area (Å²) in [6, 6.07) is 7.26. The van der Waals surface area contributed by atoms with Crippen molar-refractivity contribution in [3.63, 3.8) is 0 Å². The number of methoxy groups -OCH3 is 1. The lowest BCUT2D eigenvalue weighted by molar-refractivity contribution is -0.140. The summed E-state index contributed by atoms with van der Waals surface area (Å²) in [6.07, 6.45) is 2.16. The summed E-state index contributed by atoms with van der Waals surface area (Å²) >= 11 is 6.20. The molecule has 32 heavy (non-hydrogen) atoms. The van der Waals surface area contributed by atoms with Crippen molar-refractivity contribution in [1.82, 2.24) is 9.80 Å². The quantitative estimate of drug-likeness (QED) is 0.385. The normalized spacial score (nSPS) is 21.3. The molecule has 0 spiro atoms. The van der Waals surface area contributed by atoms with Crippen molar-refractivity contribution in [3.05, 3.63) is 58.5 Å². The number of carbonyl (C=O) groups excluding carboxylic acids is 2. The molecule has 0 saturated carbocycles. The SMILES string of the molecule is COc1ccc(C(O)=C2C(=O)C(=O)N(CCCN3CCOCC3)[C@H]2c2ccco2)cc1Cl. The number of aliphatic hydroxyl groups is 1. The topological polar surface area (TPSA) is 92.5 Å². The standard InChI is InChI=1S/C23H25ClN2O6/c1-30-17-6-5-15(14-16(17)24)21(27)19-20(18-4-2-11-32-18)26(23(29)22(19)28)8-3-7-25-9-12-31-13-10-25/h2,4-6,11,14,20,27H,3,7-10,12-13H2,1H3/t20-/m0/s1. The molecule has 2 saturated heterocycles. The first kappa shape index (κ1) is 22.4. The number of hydrogen-bond donors (Lipinski definition) is 1. The molecule has 8 nitrogen and oxygen atoms in total. The van der Waals surface area contributed by atoms with Crippen LogP contribution in [0.1, 0.15) is 23.8 Å². The third-order valence-electron chi connectivity index (χ3n) is 5.75. The van der Waals surface area contributed by atoms with Crippen LogP contribution in [-0.4, -0.2) is 73.1 Å². The third kappa shape index (κ3) is 4.39. The Morgan fingerprint density at radius 1 is 1.22 bits per heavy atom. The molecule has 0 aliphatic carbocycles. The van der Waals surface area contributed by atoms with Gasteiger partial charge < -0.3 is 23.9 Å².